The third-order valence-electron chi connectivity index (χ3n) is 5.98. The van der Waals surface area contributed by atoms with Crippen LogP contribution in [0.3, 0.4) is 0 Å². The van der Waals surface area contributed by atoms with E-state index in [4.69, 9.17) is 38.7 Å². The Morgan fingerprint density at radius 1 is 1.11 bits per heavy atom. The number of nitrogens with zero attached hydrogens (tertiary/aromatic N) is 5. The topological polar surface area (TPSA) is 99.2 Å². The van der Waals surface area contributed by atoms with E-state index < -0.39 is 11.9 Å². The summed E-state index contributed by atoms with van der Waals surface area (Å²) in [5.74, 6) is -0.166. The quantitative estimate of drug-likeness (QED) is 0.357. The molecule has 0 radical (unpaired) electrons. The lowest BCUT2D eigenvalue weighted by Crippen LogP contribution is -2.30. The highest BCUT2D eigenvalue weighted by molar-refractivity contribution is 6.31. The van der Waals surface area contributed by atoms with E-state index in [1.165, 1.54) is 31.5 Å². The summed E-state index contributed by atoms with van der Waals surface area (Å²) in [4.78, 5) is 28.5. The molecule has 5 rings (SSSR count). The maximum atomic E-state index is 14.0. The zero-order chi connectivity index (χ0) is 25.7. The van der Waals surface area contributed by atoms with Crippen molar-refractivity contribution >= 4 is 40.7 Å². The summed E-state index contributed by atoms with van der Waals surface area (Å²) >= 11 is 12.2. The van der Waals surface area contributed by atoms with Crippen LogP contribution < -0.4 is 15.4 Å². The van der Waals surface area contributed by atoms with Crippen LogP contribution in [0.4, 0.5) is 16.0 Å². The Kier molecular flexibility index (Phi) is 6.05. The molecule has 36 heavy (non-hydrogen) atoms. The molecule has 184 valence electrons. The minimum absolute atomic E-state index is 0.0558. The first kappa shape index (κ1) is 24.0. The molecule has 1 atom stereocenters. The Morgan fingerprint density at radius 3 is 2.47 bits per heavy atom. The molecule has 8 nitrogen and oxygen atoms in total. The fourth-order valence-corrected chi connectivity index (χ4v) is 4.77. The summed E-state index contributed by atoms with van der Waals surface area (Å²) in [6.07, 6.45) is 1.52. The van der Waals surface area contributed by atoms with Gasteiger partial charge in [-0.2, -0.15) is 4.98 Å². The first-order chi connectivity index (χ1) is 17.2. The van der Waals surface area contributed by atoms with Gasteiger partial charge >= 0.3 is 0 Å². The summed E-state index contributed by atoms with van der Waals surface area (Å²) in [6, 6.07) is 10.7. The van der Waals surface area contributed by atoms with Gasteiger partial charge in [0.25, 0.3) is 5.91 Å². The Bertz CT molecular complexity index is 1490. The van der Waals surface area contributed by atoms with E-state index in [0.717, 1.165) is 5.56 Å². The van der Waals surface area contributed by atoms with Crippen LogP contribution in [0.5, 0.6) is 5.88 Å². The highest BCUT2D eigenvalue weighted by atomic mass is 35.5. The molecule has 1 aliphatic rings. The van der Waals surface area contributed by atoms with E-state index in [1.807, 2.05) is 30.5 Å². The van der Waals surface area contributed by atoms with Crippen molar-refractivity contribution in [3.05, 3.63) is 81.5 Å². The van der Waals surface area contributed by atoms with Gasteiger partial charge < -0.3 is 15.0 Å². The summed E-state index contributed by atoms with van der Waals surface area (Å²) in [7, 11) is 1.48. The smallest absolute Gasteiger partial charge is 0.279 e. The number of hydrogen-bond acceptors (Lipinski definition) is 6. The molecule has 0 aliphatic carbocycles. The number of aromatic nitrogens is 4. The largest absolute Gasteiger partial charge is 0.480 e. The highest BCUT2D eigenvalue weighted by Crippen LogP contribution is 2.45. The number of carbonyl (C=O) groups excluding carboxylic acids is 1. The molecule has 2 aromatic heterocycles. The third-order valence-corrected chi connectivity index (χ3v) is 6.52. The average molecular weight is 527 g/mol. The number of nitrogens with two attached hydrogens (primary N) is 1. The number of hydrogen-bond donors (Lipinski definition) is 1. The standard InChI is InChI=1S/C25H21Cl2FN6O2/c1-12(2)33-21-19(31-22(33)16-11-30-25(29)32-23(16)36-3)24(35)34(15-8-9-18(28)17(27)10-15)20(21)13-4-6-14(26)7-5-13/h4-12,20H,1-3H3,(H2,29,30,32). The summed E-state index contributed by atoms with van der Waals surface area (Å²) in [5, 5.41) is 0.470. The summed E-state index contributed by atoms with van der Waals surface area (Å²) in [6.45, 7) is 3.97. The zero-order valence-corrected chi connectivity index (χ0v) is 21.0. The molecular weight excluding hydrogens is 506 g/mol. The molecule has 11 heteroatoms. The number of carbonyl (C=O) groups is 1. The fourth-order valence-electron chi connectivity index (χ4n) is 4.47. The lowest BCUT2D eigenvalue weighted by molar-refractivity contribution is 0.0989. The van der Waals surface area contributed by atoms with Crippen molar-refractivity contribution in [3.63, 3.8) is 0 Å². The minimum Gasteiger partial charge on any atom is -0.480 e. The molecule has 2 aromatic carbocycles. The van der Waals surface area contributed by atoms with Crippen molar-refractivity contribution in [1.29, 1.82) is 0 Å². The number of imidazole rings is 1. The molecular formula is C25H21Cl2FN6O2. The molecule has 0 fully saturated rings. The van der Waals surface area contributed by atoms with Gasteiger partial charge in [0.05, 0.1) is 23.4 Å². The Balaban J connectivity index is 1.78. The summed E-state index contributed by atoms with van der Waals surface area (Å²) in [5.41, 5.74) is 8.38. The maximum absolute atomic E-state index is 14.0. The van der Waals surface area contributed by atoms with Gasteiger partial charge in [-0.3, -0.25) is 9.69 Å². The zero-order valence-electron chi connectivity index (χ0n) is 19.5. The molecule has 1 amide bonds. The number of nitrogen functional groups attached to an aromatic ring is 1. The van der Waals surface area contributed by atoms with Crippen LogP contribution >= 0.6 is 23.2 Å². The van der Waals surface area contributed by atoms with Crippen molar-refractivity contribution < 1.29 is 13.9 Å². The molecule has 0 saturated carbocycles. The number of fused-ring (bicyclic) bond motifs is 1. The predicted molar refractivity (Wildman–Crippen MR) is 136 cm³/mol. The van der Waals surface area contributed by atoms with E-state index in [0.29, 0.717) is 27.8 Å². The number of anilines is 2. The lowest BCUT2D eigenvalue weighted by atomic mass is 10.0. The number of ether oxygens (including phenoxy) is 1. The number of methoxy groups -OCH3 is 1. The monoisotopic (exact) mass is 526 g/mol. The van der Waals surface area contributed by atoms with Gasteiger partial charge in [-0.05, 0) is 49.7 Å². The van der Waals surface area contributed by atoms with E-state index in [1.54, 1.807) is 17.0 Å². The average Bonchev–Trinajstić information content (AvgIpc) is 3.36. The van der Waals surface area contributed by atoms with Crippen LogP contribution in [0.2, 0.25) is 10.0 Å². The molecule has 0 saturated heterocycles. The molecule has 2 N–H and O–H groups in total. The fraction of sp³-hybridized carbons (Fsp3) is 0.200. The van der Waals surface area contributed by atoms with E-state index in [9.17, 15) is 9.18 Å². The van der Waals surface area contributed by atoms with Crippen molar-refractivity contribution in [2.75, 3.05) is 17.7 Å². The van der Waals surface area contributed by atoms with Crippen LogP contribution in [0.25, 0.3) is 11.4 Å². The first-order valence-electron chi connectivity index (χ1n) is 11.0. The van der Waals surface area contributed by atoms with Gasteiger partial charge in [-0.15, -0.1) is 0 Å². The second-order valence-electron chi connectivity index (χ2n) is 8.51. The number of rotatable bonds is 5. The van der Waals surface area contributed by atoms with E-state index in [-0.39, 0.29) is 34.5 Å². The molecule has 0 bridgehead atoms. The normalized spacial score (nSPS) is 15.0. The maximum Gasteiger partial charge on any atom is 0.279 e. The van der Waals surface area contributed by atoms with Crippen molar-refractivity contribution in [1.82, 2.24) is 19.5 Å². The lowest BCUT2D eigenvalue weighted by Gasteiger charge is -2.28. The van der Waals surface area contributed by atoms with Gasteiger partial charge in [-0.25, -0.2) is 14.4 Å². The van der Waals surface area contributed by atoms with Gasteiger partial charge in [0.2, 0.25) is 11.8 Å². The molecule has 0 spiro atoms. The second kappa shape index (κ2) is 9.07. The van der Waals surface area contributed by atoms with E-state index in [2.05, 4.69) is 9.97 Å². The Morgan fingerprint density at radius 2 is 1.83 bits per heavy atom. The number of benzene rings is 2. The molecule has 1 unspecified atom stereocenters. The van der Waals surface area contributed by atoms with Crippen LogP contribution in [0.1, 0.15) is 47.7 Å². The summed E-state index contributed by atoms with van der Waals surface area (Å²) < 4.78 is 21.4. The van der Waals surface area contributed by atoms with Gasteiger partial charge in [-0.1, -0.05) is 35.3 Å². The molecule has 1 aliphatic heterocycles. The Hall–Kier alpha value is -3.69. The Labute approximate surface area is 216 Å². The second-order valence-corrected chi connectivity index (χ2v) is 9.36. The van der Waals surface area contributed by atoms with Gasteiger partial charge in [0.15, 0.2) is 5.69 Å². The van der Waals surface area contributed by atoms with E-state index >= 15 is 0 Å². The van der Waals surface area contributed by atoms with Gasteiger partial charge in [0.1, 0.15) is 17.7 Å². The predicted octanol–water partition coefficient (Wildman–Crippen LogP) is 5.71. The van der Waals surface area contributed by atoms with Crippen LogP contribution in [-0.2, 0) is 0 Å². The van der Waals surface area contributed by atoms with Crippen molar-refractivity contribution in [3.8, 4) is 17.3 Å². The minimum atomic E-state index is -0.587. The number of halogens is 3. The third kappa shape index (κ3) is 3.84. The molecule has 3 heterocycles. The first-order valence-corrected chi connectivity index (χ1v) is 11.8. The molecule has 4 aromatic rings. The van der Waals surface area contributed by atoms with Crippen LogP contribution in [0.15, 0.2) is 48.7 Å². The SMILES string of the molecule is COc1nc(N)ncc1-c1nc2c(n1C(C)C)C(c1ccc(Cl)cc1)N(c1ccc(F)c(Cl)c1)C2=O. The van der Waals surface area contributed by atoms with Crippen LogP contribution in [0, 0.1) is 5.82 Å². The van der Waals surface area contributed by atoms with Gasteiger partial charge in [0, 0.05) is 22.9 Å². The van der Waals surface area contributed by atoms with Crippen molar-refractivity contribution in [2.24, 2.45) is 0 Å². The highest BCUT2D eigenvalue weighted by Gasteiger charge is 2.45. The van der Waals surface area contributed by atoms with Crippen LogP contribution in [-0.4, -0.2) is 32.5 Å². The van der Waals surface area contributed by atoms with Crippen molar-refractivity contribution in [2.45, 2.75) is 25.9 Å². The number of amides is 1.